The van der Waals surface area contributed by atoms with Gasteiger partial charge < -0.3 is 13.9 Å². The number of furan rings is 1. The molecule has 0 amide bonds. The molecule has 0 fully saturated rings. The Labute approximate surface area is 135 Å². The van der Waals surface area contributed by atoms with Crippen molar-refractivity contribution in [3.63, 3.8) is 0 Å². The smallest absolute Gasteiger partial charge is 0.143 e. The van der Waals surface area contributed by atoms with Crippen LogP contribution < -0.4 is 0 Å². The molecule has 0 aliphatic heterocycles. The maximum atomic E-state index is 6.38. The lowest BCUT2D eigenvalue weighted by atomic mass is 10.1. The molecule has 0 spiro atoms. The van der Waals surface area contributed by atoms with Crippen molar-refractivity contribution in [2.24, 2.45) is 0 Å². The van der Waals surface area contributed by atoms with Gasteiger partial charge >= 0.3 is 0 Å². The average molecular weight is 316 g/mol. The number of halogens is 1. The quantitative estimate of drug-likeness (QED) is 0.711. The standard InChI is InChI=1S/C17H18ClN3O/c1-20(2)16(14-5-3-4-6-15(14)18)11-21-9-8-19-17(21)13-7-10-22-12-13/h3-10,12,16H,11H2,1-2H3/t16-/m1/s1. The number of hydrogen-bond donors (Lipinski definition) is 0. The van der Waals surface area contributed by atoms with Crippen LogP contribution in [0, 0.1) is 0 Å². The Balaban J connectivity index is 1.93. The zero-order valence-corrected chi connectivity index (χ0v) is 13.4. The van der Waals surface area contributed by atoms with Gasteiger partial charge in [0.15, 0.2) is 0 Å². The second-order valence-electron chi connectivity index (χ2n) is 5.42. The predicted octanol–water partition coefficient (Wildman–Crippen LogP) is 4.10. The van der Waals surface area contributed by atoms with Gasteiger partial charge in [0.2, 0.25) is 0 Å². The summed E-state index contributed by atoms with van der Waals surface area (Å²) in [6.07, 6.45) is 7.15. The van der Waals surface area contributed by atoms with Crippen molar-refractivity contribution in [2.45, 2.75) is 12.6 Å². The van der Waals surface area contributed by atoms with E-state index in [1.165, 1.54) is 0 Å². The molecule has 22 heavy (non-hydrogen) atoms. The Bertz CT molecular complexity index is 734. The third-order valence-electron chi connectivity index (χ3n) is 3.75. The fourth-order valence-corrected chi connectivity index (χ4v) is 2.84. The first kappa shape index (κ1) is 14.9. The first-order valence-corrected chi connectivity index (χ1v) is 7.49. The molecular formula is C17H18ClN3O. The van der Waals surface area contributed by atoms with Gasteiger partial charge in [-0.25, -0.2) is 4.98 Å². The van der Waals surface area contributed by atoms with E-state index < -0.39 is 0 Å². The number of likely N-dealkylation sites (N-methyl/N-ethyl adjacent to an activating group) is 1. The minimum atomic E-state index is 0.161. The Morgan fingerprint density at radius 3 is 2.77 bits per heavy atom. The molecule has 0 radical (unpaired) electrons. The van der Waals surface area contributed by atoms with Crippen LogP contribution in [0.5, 0.6) is 0 Å². The van der Waals surface area contributed by atoms with E-state index in [0.29, 0.717) is 0 Å². The summed E-state index contributed by atoms with van der Waals surface area (Å²) in [6, 6.07) is 10.0. The van der Waals surface area contributed by atoms with Gasteiger partial charge in [0.1, 0.15) is 12.1 Å². The molecule has 114 valence electrons. The Hall–Kier alpha value is -2.04. The van der Waals surface area contributed by atoms with Crippen molar-refractivity contribution in [1.29, 1.82) is 0 Å². The van der Waals surface area contributed by atoms with E-state index in [-0.39, 0.29) is 6.04 Å². The van der Waals surface area contributed by atoms with Crippen molar-refractivity contribution in [3.8, 4) is 11.4 Å². The zero-order chi connectivity index (χ0) is 15.5. The molecule has 0 saturated carbocycles. The molecule has 0 saturated heterocycles. The van der Waals surface area contributed by atoms with Crippen molar-refractivity contribution in [3.05, 3.63) is 65.8 Å². The molecule has 4 nitrogen and oxygen atoms in total. The average Bonchev–Trinajstić information content (AvgIpc) is 3.16. The number of rotatable bonds is 5. The molecule has 3 aromatic rings. The SMILES string of the molecule is CN(C)[C@H](Cn1ccnc1-c1ccoc1)c1ccccc1Cl. The summed E-state index contributed by atoms with van der Waals surface area (Å²) in [5.74, 6) is 0.896. The number of nitrogens with zero attached hydrogens (tertiary/aromatic N) is 3. The van der Waals surface area contributed by atoms with E-state index in [4.69, 9.17) is 16.0 Å². The fraction of sp³-hybridized carbons (Fsp3) is 0.235. The lowest BCUT2D eigenvalue weighted by molar-refractivity contribution is 0.270. The molecule has 5 heteroatoms. The van der Waals surface area contributed by atoms with Crippen LogP contribution >= 0.6 is 11.6 Å². The van der Waals surface area contributed by atoms with Gasteiger partial charge in [0.05, 0.1) is 17.9 Å². The highest BCUT2D eigenvalue weighted by atomic mass is 35.5. The van der Waals surface area contributed by atoms with Gasteiger partial charge in [0.25, 0.3) is 0 Å². The van der Waals surface area contributed by atoms with Crippen molar-refractivity contribution < 1.29 is 4.42 Å². The van der Waals surface area contributed by atoms with Crippen LogP contribution in [0.15, 0.2) is 59.7 Å². The van der Waals surface area contributed by atoms with Gasteiger partial charge in [-0.2, -0.15) is 0 Å². The fourth-order valence-electron chi connectivity index (χ4n) is 2.58. The van der Waals surface area contributed by atoms with E-state index >= 15 is 0 Å². The number of aromatic nitrogens is 2. The van der Waals surface area contributed by atoms with Gasteiger partial charge in [-0.05, 0) is 31.8 Å². The summed E-state index contributed by atoms with van der Waals surface area (Å²) < 4.78 is 7.29. The van der Waals surface area contributed by atoms with E-state index in [9.17, 15) is 0 Å². The van der Waals surface area contributed by atoms with Crippen LogP contribution in [0.2, 0.25) is 5.02 Å². The monoisotopic (exact) mass is 315 g/mol. The third kappa shape index (κ3) is 2.93. The number of benzene rings is 1. The highest BCUT2D eigenvalue weighted by Crippen LogP contribution is 2.29. The van der Waals surface area contributed by atoms with Crippen molar-refractivity contribution in [1.82, 2.24) is 14.5 Å². The molecule has 2 heterocycles. The Morgan fingerprint density at radius 2 is 2.09 bits per heavy atom. The maximum Gasteiger partial charge on any atom is 0.143 e. The largest absolute Gasteiger partial charge is 0.472 e. The molecule has 0 aliphatic rings. The summed E-state index contributed by atoms with van der Waals surface area (Å²) in [6.45, 7) is 0.761. The number of hydrogen-bond acceptors (Lipinski definition) is 3. The van der Waals surface area contributed by atoms with E-state index in [1.54, 1.807) is 12.5 Å². The minimum absolute atomic E-state index is 0.161. The molecule has 1 aromatic carbocycles. The van der Waals surface area contributed by atoms with E-state index in [0.717, 1.165) is 28.5 Å². The van der Waals surface area contributed by atoms with E-state index in [1.807, 2.05) is 36.7 Å². The molecule has 0 N–H and O–H groups in total. The predicted molar refractivity (Wildman–Crippen MR) is 87.8 cm³/mol. The summed E-state index contributed by atoms with van der Waals surface area (Å²) >= 11 is 6.38. The molecule has 2 aromatic heterocycles. The Morgan fingerprint density at radius 1 is 1.27 bits per heavy atom. The molecule has 1 atom stereocenters. The summed E-state index contributed by atoms with van der Waals surface area (Å²) in [5, 5.41) is 0.783. The van der Waals surface area contributed by atoms with Crippen LogP contribution in [0.25, 0.3) is 11.4 Å². The molecule has 3 rings (SSSR count). The van der Waals surface area contributed by atoms with Crippen LogP contribution in [-0.4, -0.2) is 28.5 Å². The Kier molecular flexibility index (Phi) is 4.32. The third-order valence-corrected chi connectivity index (χ3v) is 4.10. The second kappa shape index (κ2) is 6.38. The van der Waals surface area contributed by atoms with Crippen LogP contribution in [0.3, 0.4) is 0 Å². The first-order chi connectivity index (χ1) is 10.7. The van der Waals surface area contributed by atoms with Crippen LogP contribution in [0.1, 0.15) is 11.6 Å². The number of imidazole rings is 1. The molecule has 0 aliphatic carbocycles. The normalized spacial score (nSPS) is 12.7. The molecule has 0 bridgehead atoms. The minimum Gasteiger partial charge on any atom is -0.472 e. The molecular weight excluding hydrogens is 298 g/mol. The van der Waals surface area contributed by atoms with Crippen LogP contribution in [-0.2, 0) is 6.54 Å². The van der Waals surface area contributed by atoms with Crippen LogP contribution in [0.4, 0.5) is 0 Å². The zero-order valence-electron chi connectivity index (χ0n) is 12.6. The summed E-state index contributed by atoms with van der Waals surface area (Å²) in [7, 11) is 4.12. The topological polar surface area (TPSA) is 34.2 Å². The van der Waals surface area contributed by atoms with Gasteiger partial charge in [0, 0.05) is 24.0 Å². The lowest BCUT2D eigenvalue weighted by Crippen LogP contribution is -2.25. The van der Waals surface area contributed by atoms with E-state index in [2.05, 4.69) is 34.6 Å². The molecule has 0 unspecified atom stereocenters. The first-order valence-electron chi connectivity index (χ1n) is 7.11. The van der Waals surface area contributed by atoms with Gasteiger partial charge in [-0.3, -0.25) is 0 Å². The lowest BCUT2D eigenvalue weighted by Gasteiger charge is -2.26. The van der Waals surface area contributed by atoms with Gasteiger partial charge in [-0.1, -0.05) is 29.8 Å². The summed E-state index contributed by atoms with van der Waals surface area (Å²) in [4.78, 5) is 6.61. The van der Waals surface area contributed by atoms with Gasteiger partial charge in [-0.15, -0.1) is 0 Å². The summed E-state index contributed by atoms with van der Waals surface area (Å²) in [5.41, 5.74) is 2.09. The highest BCUT2D eigenvalue weighted by Gasteiger charge is 2.19. The van der Waals surface area contributed by atoms with Crippen molar-refractivity contribution >= 4 is 11.6 Å². The highest BCUT2D eigenvalue weighted by molar-refractivity contribution is 6.31. The van der Waals surface area contributed by atoms with Crippen molar-refractivity contribution in [2.75, 3.05) is 14.1 Å². The second-order valence-corrected chi connectivity index (χ2v) is 5.82. The maximum absolute atomic E-state index is 6.38.